The van der Waals surface area contributed by atoms with Crippen LogP contribution in [0.15, 0.2) is 36.5 Å². The van der Waals surface area contributed by atoms with Gasteiger partial charge in [-0.25, -0.2) is 9.37 Å². The van der Waals surface area contributed by atoms with E-state index in [-0.39, 0.29) is 17.0 Å². The van der Waals surface area contributed by atoms with Crippen LogP contribution in [0.2, 0.25) is 0 Å². The van der Waals surface area contributed by atoms with Crippen LogP contribution in [0.5, 0.6) is 11.6 Å². The third kappa shape index (κ3) is 2.54. The van der Waals surface area contributed by atoms with Gasteiger partial charge in [0.15, 0.2) is 0 Å². The highest BCUT2D eigenvalue weighted by Crippen LogP contribution is 2.22. The van der Waals surface area contributed by atoms with Crippen molar-refractivity contribution in [1.82, 2.24) is 4.98 Å². The van der Waals surface area contributed by atoms with E-state index in [1.165, 1.54) is 38.6 Å². The Morgan fingerprint density at radius 2 is 1.95 bits per heavy atom. The van der Waals surface area contributed by atoms with Crippen molar-refractivity contribution in [3.8, 4) is 11.6 Å². The lowest BCUT2D eigenvalue weighted by Gasteiger charge is -2.07. The van der Waals surface area contributed by atoms with Gasteiger partial charge in [0.2, 0.25) is 11.7 Å². The molecule has 0 unspecified atom stereocenters. The van der Waals surface area contributed by atoms with Crippen molar-refractivity contribution >= 4 is 5.78 Å². The fourth-order valence-electron chi connectivity index (χ4n) is 1.68. The summed E-state index contributed by atoms with van der Waals surface area (Å²) in [5.41, 5.74) is 0.168. The molecule has 0 spiro atoms. The predicted molar refractivity (Wildman–Crippen MR) is 67.2 cm³/mol. The maximum absolute atomic E-state index is 13.8. The van der Waals surface area contributed by atoms with Gasteiger partial charge in [0, 0.05) is 12.3 Å². The monoisotopic (exact) mass is 261 g/mol. The van der Waals surface area contributed by atoms with Gasteiger partial charge >= 0.3 is 0 Å². The number of ether oxygens (including phenoxy) is 2. The minimum absolute atomic E-state index is 0.0490. The number of rotatable bonds is 4. The normalized spacial score (nSPS) is 10.1. The summed E-state index contributed by atoms with van der Waals surface area (Å²) in [7, 11) is 2.84. The minimum Gasteiger partial charge on any atom is -0.497 e. The largest absolute Gasteiger partial charge is 0.497 e. The third-order valence-corrected chi connectivity index (χ3v) is 2.63. The summed E-state index contributed by atoms with van der Waals surface area (Å²) in [5.74, 6) is -0.602. The van der Waals surface area contributed by atoms with Gasteiger partial charge in [0.05, 0.1) is 25.3 Å². The smallest absolute Gasteiger partial charge is 0.224 e. The Morgan fingerprint density at radius 1 is 1.16 bits per heavy atom. The summed E-state index contributed by atoms with van der Waals surface area (Å²) in [6, 6.07) is 7.20. The van der Waals surface area contributed by atoms with E-state index in [0.29, 0.717) is 5.75 Å². The lowest BCUT2D eigenvalue weighted by atomic mass is 10.0. The maximum Gasteiger partial charge on any atom is 0.224 e. The molecule has 0 N–H and O–H groups in total. The molecule has 4 nitrogen and oxygen atoms in total. The molecule has 0 aliphatic rings. The SMILES string of the molecule is COc1ccc(C(=O)c2cccnc2OC)c(F)c1. The predicted octanol–water partition coefficient (Wildman–Crippen LogP) is 2.47. The summed E-state index contributed by atoms with van der Waals surface area (Å²) in [5, 5.41) is 0. The molecular weight excluding hydrogens is 249 g/mol. The zero-order chi connectivity index (χ0) is 13.8. The maximum atomic E-state index is 13.8. The molecule has 0 aliphatic carbocycles. The summed E-state index contributed by atoms with van der Waals surface area (Å²) in [6.07, 6.45) is 1.50. The number of hydrogen-bond acceptors (Lipinski definition) is 4. The standard InChI is InChI=1S/C14H12FNO3/c1-18-9-5-6-10(12(15)8-9)13(17)11-4-3-7-16-14(11)19-2/h3-8H,1-2H3. The number of ketones is 1. The first-order valence-electron chi connectivity index (χ1n) is 5.54. The number of hydrogen-bond donors (Lipinski definition) is 0. The number of carbonyl (C=O) groups is 1. The van der Waals surface area contributed by atoms with E-state index in [0.717, 1.165) is 6.07 Å². The summed E-state index contributed by atoms with van der Waals surface area (Å²) < 4.78 is 23.7. The Morgan fingerprint density at radius 3 is 2.58 bits per heavy atom. The van der Waals surface area contributed by atoms with Crippen molar-refractivity contribution in [2.24, 2.45) is 0 Å². The van der Waals surface area contributed by atoms with E-state index in [1.54, 1.807) is 6.07 Å². The number of nitrogens with zero attached hydrogens (tertiary/aromatic N) is 1. The van der Waals surface area contributed by atoms with E-state index >= 15 is 0 Å². The fraction of sp³-hybridized carbons (Fsp3) is 0.143. The van der Waals surface area contributed by atoms with E-state index in [9.17, 15) is 9.18 Å². The van der Waals surface area contributed by atoms with Gasteiger partial charge in [-0.15, -0.1) is 0 Å². The first kappa shape index (κ1) is 13.0. The molecule has 0 saturated carbocycles. The van der Waals surface area contributed by atoms with Crippen LogP contribution in [0.25, 0.3) is 0 Å². The number of benzene rings is 1. The van der Waals surface area contributed by atoms with Gasteiger partial charge in [0.1, 0.15) is 11.6 Å². The van der Waals surface area contributed by atoms with Crippen molar-refractivity contribution in [3.05, 3.63) is 53.5 Å². The Bertz CT molecular complexity index is 613. The molecule has 98 valence electrons. The first-order chi connectivity index (χ1) is 9.17. The van der Waals surface area contributed by atoms with Gasteiger partial charge < -0.3 is 9.47 Å². The average molecular weight is 261 g/mol. The van der Waals surface area contributed by atoms with Crippen LogP contribution >= 0.6 is 0 Å². The Hall–Kier alpha value is -2.43. The van der Waals surface area contributed by atoms with Gasteiger partial charge in [-0.1, -0.05) is 0 Å². The van der Waals surface area contributed by atoms with E-state index in [4.69, 9.17) is 9.47 Å². The highest BCUT2D eigenvalue weighted by Gasteiger charge is 2.18. The van der Waals surface area contributed by atoms with Crippen molar-refractivity contribution in [2.45, 2.75) is 0 Å². The molecule has 0 aliphatic heterocycles. The lowest BCUT2D eigenvalue weighted by Crippen LogP contribution is -2.07. The van der Waals surface area contributed by atoms with Crippen molar-refractivity contribution in [1.29, 1.82) is 0 Å². The number of pyridine rings is 1. The molecule has 1 aromatic carbocycles. The highest BCUT2D eigenvalue weighted by atomic mass is 19.1. The van der Waals surface area contributed by atoms with Gasteiger partial charge in [0.25, 0.3) is 0 Å². The van der Waals surface area contributed by atoms with Gasteiger partial charge in [-0.05, 0) is 24.3 Å². The van der Waals surface area contributed by atoms with Crippen LogP contribution in [0.3, 0.4) is 0 Å². The van der Waals surface area contributed by atoms with Crippen LogP contribution in [0.1, 0.15) is 15.9 Å². The average Bonchev–Trinajstić information content (AvgIpc) is 2.46. The molecule has 0 radical (unpaired) electrons. The second kappa shape index (κ2) is 5.48. The fourth-order valence-corrected chi connectivity index (χ4v) is 1.68. The third-order valence-electron chi connectivity index (χ3n) is 2.63. The molecule has 19 heavy (non-hydrogen) atoms. The minimum atomic E-state index is -0.643. The number of halogens is 1. The Balaban J connectivity index is 2.44. The number of aromatic nitrogens is 1. The number of methoxy groups -OCH3 is 2. The van der Waals surface area contributed by atoms with Gasteiger partial charge in [-0.2, -0.15) is 0 Å². The van der Waals surface area contributed by atoms with Crippen LogP contribution in [-0.4, -0.2) is 25.0 Å². The molecule has 0 bridgehead atoms. The molecule has 2 aromatic rings. The first-order valence-corrected chi connectivity index (χ1v) is 5.54. The van der Waals surface area contributed by atoms with Crippen LogP contribution in [0, 0.1) is 5.82 Å². The zero-order valence-corrected chi connectivity index (χ0v) is 10.5. The molecule has 0 amide bonds. The Kier molecular flexibility index (Phi) is 3.75. The molecule has 0 saturated heterocycles. The molecule has 0 fully saturated rings. The second-order valence-electron chi connectivity index (χ2n) is 3.74. The van der Waals surface area contributed by atoms with Crippen LogP contribution in [0.4, 0.5) is 4.39 Å². The molecule has 5 heteroatoms. The van der Waals surface area contributed by atoms with E-state index in [1.807, 2.05) is 0 Å². The zero-order valence-electron chi connectivity index (χ0n) is 10.5. The molecule has 1 heterocycles. The lowest BCUT2D eigenvalue weighted by molar-refractivity contribution is 0.103. The van der Waals surface area contributed by atoms with Gasteiger partial charge in [-0.3, -0.25) is 4.79 Å². The second-order valence-corrected chi connectivity index (χ2v) is 3.74. The van der Waals surface area contributed by atoms with Crippen molar-refractivity contribution in [2.75, 3.05) is 14.2 Å². The molecule has 0 atom stereocenters. The van der Waals surface area contributed by atoms with E-state index in [2.05, 4.69) is 4.98 Å². The van der Waals surface area contributed by atoms with E-state index < -0.39 is 11.6 Å². The Labute approximate surface area is 109 Å². The number of carbonyl (C=O) groups excluding carboxylic acids is 1. The topological polar surface area (TPSA) is 48.4 Å². The van der Waals surface area contributed by atoms with Crippen LogP contribution in [-0.2, 0) is 0 Å². The quantitative estimate of drug-likeness (QED) is 0.793. The molecule has 2 rings (SSSR count). The van der Waals surface area contributed by atoms with Crippen LogP contribution < -0.4 is 9.47 Å². The summed E-state index contributed by atoms with van der Waals surface area (Å²) in [4.78, 5) is 16.2. The molecule has 1 aromatic heterocycles. The van der Waals surface area contributed by atoms with Crippen molar-refractivity contribution < 1.29 is 18.7 Å². The summed E-state index contributed by atoms with van der Waals surface area (Å²) in [6.45, 7) is 0. The molecular formula is C14H12FNO3. The van der Waals surface area contributed by atoms with Crippen molar-refractivity contribution in [3.63, 3.8) is 0 Å². The summed E-state index contributed by atoms with van der Waals surface area (Å²) >= 11 is 0. The highest BCUT2D eigenvalue weighted by molar-refractivity contribution is 6.10.